The lowest BCUT2D eigenvalue weighted by atomic mass is 10.1. The van der Waals surface area contributed by atoms with Crippen molar-refractivity contribution in [3.05, 3.63) is 88.0 Å². The molecule has 3 aromatic carbocycles. The van der Waals surface area contributed by atoms with Gasteiger partial charge in [0, 0.05) is 21.5 Å². The largest absolute Gasteiger partial charge is 0.451 e. The molecule has 0 saturated heterocycles. The van der Waals surface area contributed by atoms with Gasteiger partial charge in [-0.25, -0.2) is 0 Å². The minimum atomic E-state index is -1.000. The number of benzene rings is 3. The van der Waals surface area contributed by atoms with E-state index in [1.165, 1.54) is 6.92 Å². The maximum atomic E-state index is 12.8. The van der Waals surface area contributed by atoms with E-state index in [4.69, 9.17) is 16.3 Å². The molecule has 1 atom stereocenters. The highest BCUT2D eigenvalue weighted by molar-refractivity contribution is 6.30. The zero-order chi connectivity index (χ0) is 22.0. The Bertz CT molecular complexity index is 1290. The Balaban J connectivity index is 1.56. The number of pyridine rings is 1. The molecule has 0 aliphatic carbocycles. The van der Waals surface area contributed by atoms with E-state index in [9.17, 15) is 14.4 Å². The molecule has 6 nitrogen and oxygen atoms in total. The van der Waals surface area contributed by atoms with Gasteiger partial charge in [0.05, 0.1) is 11.0 Å². The molecular weight excluding hydrogens is 416 g/mol. The van der Waals surface area contributed by atoms with Crippen molar-refractivity contribution >= 4 is 51.0 Å². The second kappa shape index (κ2) is 8.62. The topological polar surface area (TPSA) is 77.4 Å². The second-order valence-electron chi connectivity index (χ2n) is 7.08. The van der Waals surface area contributed by atoms with Crippen molar-refractivity contribution in [2.24, 2.45) is 0 Å². The van der Waals surface area contributed by atoms with E-state index >= 15 is 0 Å². The van der Waals surface area contributed by atoms with E-state index in [2.05, 4.69) is 5.32 Å². The van der Waals surface area contributed by atoms with E-state index in [1.807, 2.05) is 0 Å². The van der Waals surface area contributed by atoms with Gasteiger partial charge in [-0.15, -0.1) is 0 Å². The molecular formula is C24H19ClN2O4. The Morgan fingerprint density at radius 2 is 1.48 bits per heavy atom. The monoisotopic (exact) mass is 434 g/mol. The maximum Gasteiger partial charge on any atom is 0.326 e. The number of hydrogen-bond donors (Lipinski definition) is 1. The number of nitrogens with zero attached hydrogens (tertiary/aromatic N) is 1. The third kappa shape index (κ3) is 4.29. The number of anilines is 1. The average molecular weight is 435 g/mol. The van der Waals surface area contributed by atoms with Crippen LogP contribution >= 0.6 is 11.6 Å². The first kappa shape index (κ1) is 20.6. The predicted molar refractivity (Wildman–Crippen MR) is 121 cm³/mol. The Labute approximate surface area is 183 Å². The summed E-state index contributed by atoms with van der Waals surface area (Å²) in [5.74, 6) is -1.04. The number of rotatable bonds is 5. The summed E-state index contributed by atoms with van der Waals surface area (Å²) < 4.78 is 7.10. The minimum Gasteiger partial charge on any atom is -0.451 e. The molecule has 4 rings (SSSR count). The lowest BCUT2D eigenvalue weighted by Gasteiger charge is -2.17. The van der Waals surface area contributed by atoms with Gasteiger partial charge in [0.2, 0.25) is 0 Å². The number of nitrogens with one attached hydrogen (secondary N) is 1. The number of ether oxygens (including phenoxy) is 1. The zero-order valence-corrected chi connectivity index (χ0v) is 17.4. The van der Waals surface area contributed by atoms with Gasteiger partial charge in [-0.1, -0.05) is 35.9 Å². The van der Waals surface area contributed by atoms with Gasteiger partial charge in [-0.05, 0) is 55.5 Å². The predicted octanol–water partition coefficient (Wildman–Crippen LogP) is 4.38. The van der Waals surface area contributed by atoms with Crippen LogP contribution < -0.4 is 10.7 Å². The fourth-order valence-electron chi connectivity index (χ4n) is 3.44. The number of para-hydroxylation sites is 2. The van der Waals surface area contributed by atoms with Crippen LogP contribution in [0.15, 0.2) is 77.6 Å². The highest BCUT2D eigenvalue weighted by atomic mass is 35.5. The molecule has 4 aromatic rings. The van der Waals surface area contributed by atoms with Crippen LogP contribution in [-0.4, -0.2) is 22.5 Å². The van der Waals surface area contributed by atoms with Crippen LogP contribution in [-0.2, 0) is 20.9 Å². The Morgan fingerprint density at radius 1 is 0.935 bits per heavy atom. The molecule has 0 saturated carbocycles. The summed E-state index contributed by atoms with van der Waals surface area (Å²) in [7, 11) is 0. The molecule has 0 fully saturated rings. The number of aromatic nitrogens is 1. The fraction of sp³-hybridized carbons (Fsp3) is 0.125. The summed E-state index contributed by atoms with van der Waals surface area (Å²) in [6.45, 7) is 1.37. The molecule has 1 N–H and O–H groups in total. The number of fused-ring (bicyclic) bond motifs is 2. The van der Waals surface area contributed by atoms with Crippen LogP contribution in [0, 0.1) is 0 Å². The summed E-state index contributed by atoms with van der Waals surface area (Å²) in [6, 6.07) is 20.8. The van der Waals surface area contributed by atoms with Crippen molar-refractivity contribution in [1.82, 2.24) is 4.57 Å². The lowest BCUT2D eigenvalue weighted by molar-refractivity contribution is -0.153. The summed E-state index contributed by atoms with van der Waals surface area (Å²) >= 11 is 5.85. The first-order valence-corrected chi connectivity index (χ1v) is 10.1. The van der Waals surface area contributed by atoms with E-state index in [-0.39, 0.29) is 12.0 Å². The number of carbonyl (C=O) groups excluding carboxylic acids is 2. The van der Waals surface area contributed by atoms with Crippen molar-refractivity contribution in [1.29, 1.82) is 0 Å². The van der Waals surface area contributed by atoms with E-state index < -0.39 is 18.0 Å². The van der Waals surface area contributed by atoms with Crippen LogP contribution in [0.3, 0.4) is 0 Å². The fourth-order valence-corrected chi connectivity index (χ4v) is 3.57. The standard InChI is InChI=1S/C24H19ClN2O4/c1-15(24(30)26-17-12-10-16(25)11-13-17)31-22(28)14-27-20-8-4-2-6-18(20)23(29)19-7-3-5-9-21(19)27/h2-13,15H,14H2,1H3,(H,26,30). The lowest BCUT2D eigenvalue weighted by Crippen LogP contribution is -2.31. The van der Waals surface area contributed by atoms with Crippen molar-refractivity contribution < 1.29 is 14.3 Å². The summed E-state index contributed by atoms with van der Waals surface area (Å²) in [5.41, 5.74) is 1.71. The van der Waals surface area contributed by atoms with Gasteiger partial charge in [-0.2, -0.15) is 0 Å². The molecule has 0 bridgehead atoms. The molecule has 1 heterocycles. The summed E-state index contributed by atoms with van der Waals surface area (Å²) in [6.07, 6.45) is -1.000. The number of esters is 1. The Hall–Kier alpha value is -3.64. The van der Waals surface area contributed by atoms with Gasteiger partial charge >= 0.3 is 5.97 Å². The molecule has 31 heavy (non-hydrogen) atoms. The smallest absolute Gasteiger partial charge is 0.326 e. The highest BCUT2D eigenvalue weighted by Crippen LogP contribution is 2.19. The SMILES string of the molecule is CC(OC(=O)Cn1c2ccccc2c(=O)c2ccccc21)C(=O)Nc1ccc(Cl)cc1. The van der Waals surface area contributed by atoms with Crippen LogP contribution in [0.1, 0.15) is 6.92 Å². The van der Waals surface area contributed by atoms with Gasteiger partial charge < -0.3 is 14.6 Å². The molecule has 7 heteroatoms. The Kier molecular flexibility index (Phi) is 5.73. The third-order valence-electron chi connectivity index (χ3n) is 4.96. The Morgan fingerprint density at radius 3 is 2.06 bits per heavy atom. The molecule has 1 amide bonds. The molecule has 0 radical (unpaired) electrons. The third-order valence-corrected chi connectivity index (χ3v) is 5.21. The van der Waals surface area contributed by atoms with Crippen molar-refractivity contribution in [3.63, 3.8) is 0 Å². The van der Waals surface area contributed by atoms with Crippen LogP contribution in [0.4, 0.5) is 5.69 Å². The van der Waals surface area contributed by atoms with Gasteiger partial charge in [0.15, 0.2) is 11.5 Å². The number of carbonyl (C=O) groups is 2. The molecule has 0 aliphatic heterocycles. The zero-order valence-electron chi connectivity index (χ0n) is 16.7. The molecule has 156 valence electrons. The van der Waals surface area contributed by atoms with Crippen LogP contribution in [0.25, 0.3) is 21.8 Å². The molecule has 0 aliphatic rings. The molecule has 1 aromatic heterocycles. The first-order chi connectivity index (χ1) is 14.9. The number of amides is 1. The van der Waals surface area contributed by atoms with Gasteiger partial charge in [-0.3, -0.25) is 14.4 Å². The molecule has 0 spiro atoms. The maximum absolute atomic E-state index is 12.8. The van der Waals surface area contributed by atoms with E-state index in [0.29, 0.717) is 32.5 Å². The number of hydrogen-bond acceptors (Lipinski definition) is 4. The first-order valence-electron chi connectivity index (χ1n) is 9.70. The quantitative estimate of drug-likeness (QED) is 0.373. The minimum absolute atomic E-state index is 0.0912. The average Bonchev–Trinajstić information content (AvgIpc) is 2.78. The van der Waals surface area contributed by atoms with Gasteiger partial charge in [0.25, 0.3) is 5.91 Å². The van der Waals surface area contributed by atoms with Gasteiger partial charge in [0.1, 0.15) is 6.54 Å². The number of halogens is 1. The van der Waals surface area contributed by atoms with Crippen molar-refractivity contribution in [2.45, 2.75) is 19.6 Å². The van der Waals surface area contributed by atoms with Crippen LogP contribution in [0.2, 0.25) is 5.02 Å². The molecule has 1 unspecified atom stereocenters. The summed E-state index contributed by atoms with van der Waals surface area (Å²) in [5, 5.41) is 4.27. The summed E-state index contributed by atoms with van der Waals surface area (Å²) in [4.78, 5) is 37.9. The van der Waals surface area contributed by atoms with Crippen LogP contribution in [0.5, 0.6) is 0 Å². The normalized spacial score (nSPS) is 11.9. The van der Waals surface area contributed by atoms with E-state index in [1.54, 1.807) is 77.4 Å². The van der Waals surface area contributed by atoms with E-state index in [0.717, 1.165) is 0 Å². The highest BCUT2D eigenvalue weighted by Gasteiger charge is 2.20. The second-order valence-corrected chi connectivity index (χ2v) is 7.51. The van der Waals surface area contributed by atoms with Crippen molar-refractivity contribution in [2.75, 3.05) is 5.32 Å². The van der Waals surface area contributed by atoms with Crippen molar-refractivity contribution in [3.8, 4) is 0 Å².